The van der Waals surface area contributed by atoms with Crippen molar-refractivity contribution in [2.75, 3.05) is 0 Å². The Kier molecular flexibility index (Phi) is 8.09. The minimum atomic E-state index is 0.269. The highest BCUT2D eigenvalue weighted by atomic mass is 14.7. The van der Waals surface area contributed by atoms with Crippen LogP contribution in [0.25, 0.3) is 0 Å². The molecule has 0 radical (unpaired) electrons. The number of hydrogen-bond donors (Lipinski definition) is 1. The third kappa shape index (κ3) is 7.27. The maximum atomic E-state index is 6.18. The van der Waals surface area contributed by atoms with E-state index in [1.54, 1.807) is 0 Å². The third-order valence-electron chi connectivity index (χ3n) is 3.78. The van der Waals surface area contributed by atoms with Gasteiger partial charge in [0.2, 0.25) is 0 Å². The van der Waals surface area contributed by atoms with Gasteiger partial charge in [-0.3, -0.25) is 0 Å². The highest BCUT2D eigenvalue weighted by Gasteiger charge is 2.20. The lowest BCUT2D eigenvalue weighted by atomic mass is 9.83. The zero-order valence-electron chi connectivity index (χ0n) is 12.2. The molecule has 0 aliphatic carbocycles. The second kappa shape index (κ2) is 8.11. The summed E-state index contributed by atoms with van der Waals surface area (Å²) in [7, 11) is 0. The van der Waals surface area contributed by atoms with Crippen LogP contribution in [0.4, 0.5) is 0 Å². The van der Waals surface area contributed by atoms with Crippen LogP contribution in [0.1, 0.15) is 79.6 Å². The van der Waals surface area contributed by atoms with Gasteiger partial charge in [0.15, 0.2) is 0 Å². The van der Waals surface area contributed by atoms with Gasteiger partial charge in [-0.15, -0.1) is 0 Å². The van der Waals surface area contributed by atoms with Crippen molar-refractivity contribution in [2.24, 2.45) is 17.1 Å². The molecule has 0 aromatic carbocycles. The average molecular weight is 227 g/mol. The number of nitrogens with two attached hydrogens (primary N) is 1. The molecule has 1 nitrogen and oxygen atoms in total. The molecule has 0 aliphatic rings. The Balaban J connectivity index is 3.69. The van der Waals surface area contributed by atoms with Gasteiger partial charge in [0.05, 0.1) is 0 Å². The van der Waals surface area contributed by atoms with E-state index in [-0.39, 0.29) is 5.41 Å². The molecule has 0 amide bonds. The summed E-state index contributed by atoms with van der Waals surface area (Å²) in [5.41, 5.74) is 6.45. The summed E-state index contributed by atoms with van der Waals surface area (Å²) in [5.74, 6) is 0.937. The van der Waals surface area contributed by atoms with Crippen LogP contribution in [0.2, 0.25) is 0 Å². The predicted octanol–water partition coefficient (Wildman–Crippen LogP) is 4.75. The van der Waals surface area contributed by atoms with Gasteiger partial charge in [-0.1, -0.05) is 73.1 Å². The number of hydrogen-bond acceptors (Lipinski definition) is 1. The summed E-state index contributed by atoms with van der Waals surface area (Å²) >= 11 is 0. The van der Waals surface area contributed by atoms with E-state index in [1.807, 2.05) is 0 Å². The second-order valence-corrected chi connectivity index (χ2v) is 6.32. The van der Waals surface area contributed by atoms with E-state index in [0.29, 0.717) is 6.04 Å². The molecule has 2 unspecified atom stereocenters. The van der Waals surface area contributed by atoms with E-state index in [4.69, 9.17) is 5.73 Å². The first-order chi connectivity index (χ1) is 7.41. The molecule has 2 N–H and O–H groups in total. The summed E-state index contributed by atoms with van der Waals surface area (Å²) in [5, 5.41) is 0. The zero-order valence-corrected chi connectivity index (χ0v) is 12.2. The van der Waals surface area contributed by atoms with Crippen molar-refractivity contribution in [3.05, 3.63) is 0 Å². The van der Waals surface area contributed by atoms with E-state index in [0.717, 1.165) is 5.92 Å². The Morgan fingerprint density at radius 1 is 0.938 bits per heavy atom. The summed E-state index contributed by atoms with van der Waals surface area (Å²) in [4.78, 5) is 0. The van der Waals surface area contributed by atoms with Crippen molar-refractivity contribution in [1.29, 1.82) is 0 Å². The Morgan fingerprint density at radius 3 is 1.94 bits per heavy atom. The molecule has 0 aromatic heterocycles. The Bertz CT molecular complexity index is 157. The van der Waals surface area contributed by atoms with Gasteiger partial charge >= 0.3 is 0 Å². The van der Waals surface area contributed by atoms with Crippen molar-refractivity contribution >= 4 is 0 Å². The monoisotopic (exact) mass is 227 g/mol. The number of unbranched alkanes of at least 4 members (excludes halogenated alkanes) is 1. The molecule has 0 aromatic rings. The van der Waals surface area contributed by atoms with Crippen molar-refractivity contribution < 1.29 is 0 Å². The van der Waals surface area contributed by atoms with E-state index in [1.165, 1.54) is 44.9 Å². The lowest BCUT2D eigenvalue weighted by Crippen LogP contribution is -2.34. The summed E-state index contributed by atoms with van der Waals surface area (Å²) in [6, 6.07) is 0.358. The highest BCUT2D eigenvalue weighted by molar-refractivity contribution is 4.76. The average Bonchev–Trinajstić information content (AvgIpc) is 2.21. The predicted molar refractivity (Wildman–Crippen MR) is 74.6 cm³/mol. The molecular weight excluding hydrogens is 194 g/mol. The van der Waals surface area contributed by atoms with Gasteiger partial charge in [-0.05, 0) is 17.8 Å². The molecule has 0 spiro atoms. The molecule has 0 fully saturated rings. The first-order valence-corrected chi connectivity index (χ1v) is 7.17. The van der Waals surface area contributed by atoms with Crippen molar-refractivity contribution in [3.63, 3.8) is 0 Å². The Labute approximate surface area is 103 Å². The fraction of sp³-hybridized carbons (Fsp3) is 1.00. The van der Waals surface area contributed by atoms with Crippen LogP contribution in [0.3, 0.4) is 0 Å². The molecular formula is C15H33N. The van der Waals surface area contributed by atoms with E-state index in [9.17, 15) is 0 Å². The minimum Gasteiger partial charge on any atom is -0.327 e. The molecule has 0 saturated heterocycles. The largest absolute Gasteiger partial charge is 0.327 e. The Morgan fingerprint density at radius 2 is 1.50 bits per heavy atom. The fourth-order valence-corrected chi connectivity index (χ4v) is 2.10. The van der Waals surface area contributed by atoms with Gasteiger partial charge in [0.1, 0.15) is 0 Å². The fourth-order valence-electron chi connectivity index (χ4n) is 2.10. The van der Waals surface area contributed by atoms with E-state index in [2.05, 4.69) is 34.6 Å². The van der Waals surface area contributed by atoms with Crippen molar-refractivity contribution in [1.82, 2.24) is 0 Å². The minimum absolute atomic E-state index is 0.269. The molecule has 0 saturated carbocycles. The van der Waals surface area contributed by atoms with Gasteiger partial charge < -0.3 is 5.73 Å². The normalized spacial score (nSPS) is 16.1. The molecule has 0 aliphatic heterocycles. The Hall–Kier alpha value is -0.0400. The van der Waals surface area contributed by atoms with E-state index < -0.39 is 0 Å². The van der Waals surface area contributed by atoms with Gasteiger partial charge in [-0.25, -0.2) is 0 Å². The topological polar surface area (TPSA) is 26.0 Å². The van der Waals surface area contributed by atoms with Crippen LogP contribution >= 0.6 is 0 Å². The van der Waals surface area contributed by atoms with Crippen molar-refractivity contribution in [3.8, 4) is 0 Å². The third-order valence-corrected chi connectivity index (χ3v) is 3.78. The number of rotatable bonds is 8. The lowest BCUT2D eigenvalue weighted by molar-refractivity contribution is 0.288. The molecule has 98 valence electrons. The molecule has 0 heterocycles. The lowest BCUT2D eigenvalue weighted by Gasteiger charge is -2.27. The van der Waals surface area contributed by atoms with Crippen LogP contribution in [0, 0.1) is 11.3 Å². The van der Waals surface area contributed by atoms with Gasteiger partial charge in [0, 0.05) is 6.04 Å². The molecule has 0 rings (SSSR count). The van der Waals surface area contributed by atoms with Crippen LogP contribution in [0.5, 0.6) is 0 Å². The zero-order chi connectivity index (χ0) is 12.6. The summed E-state index contributed by atoms with van der Waals surface area (Å²) in [6.07, 6.45) is 9.34. The van der Waals surface area contributed by atoms with Crippen LogP contribution in [0.15, 0.2) is 0 Å². The molecule has 1 heteroatoms. The van der Waals surface area contributed by atoms with Crippen LogP contribution < -0.4 is 5.73 Å². The maximum absolute atomic E-state index is 6.18. The quantitative estimate of drug-likeness (QED) is 0.636. The smallest absolute Gasteiger partial charge is 0.00876 e. The maximum Gasteiger partial charge on any atom is 0.00876 e. The summed E-state index contributed by atoms with van der Waals surface area (Å²) in [6.45, 7) is 11.3. The second-order valence-electron chi connectivity index (χ2n) is 6.32. The standard InChI is InChI=1S/C15H33N/c1-6-8-10-13(7-2)11-9-12-14(16)15(3,4)5/h13-14H,6-12,16H2,1-5H3. The van der Waals surface area contributed by atoms with E-state index >= 15 is 0 Å². The van der Waals surface area contributed by atoms with Crippen molar-refractivity contribution in [2.45, 2.75) is 85.6 Å². The SMILES string of the molecule is CCCCC(CC)CCCC(N)C(C)(C)C. The van der Waals surface area contributed by atoms with Gasteiger partial charge in [-0.2, -0.15) is 0 Å². The van der Waals surface area contributed by atoms with Gasteiger partial charge in [0.25, 0.3) is 0 Å². The first kappa shape index (κ1) is 16.0. The first-order valence-electron chi connectivity index (χ1n) is 7.17. The molecule has 2 atom stereocenters. The molecule has 0 bridgehead atoms. The van der Waals surface area contributed by atoms with Crippen LogP contribution in [-0.4, -0.2) is 6.04 Å². The van der Waals surface area contributed by atoms with Crippen LogP contribution in [-0.2, 0) is 0 Å². The molecule has 16 heavy (non-hydrogen) atoms. The summed E-state index contributed by atoms with van der Waals surface area (Å²) < 4.78 is 0. The highest BCUT2D eigenvalue weighted by Crippen LogP contribution is 2.24.